The summed E-state index contributed by atoms with van der Waals surface area (Å²) >= 11 is 0. The Morgan fingerprint density at radius 1 is 1.07 bits per heavy atom. The van der Waals surface area contributed by atoms with Gasteiger partial charge < -0.3 is 10.5 Å². The van der Waals surface area contributed by atoms with E-state index in [1.807, 2.05) is 49.4 Å². The fourth-order valence-corrected chi connectivity index (χ4v) is 4.02. The minimum absolute atomic E-state index is 0.0415. The van der Waals surface area contributed by atoms with Crippen molar-refractivity contribution in [2.75, 3.05) is 0 Å². The van der Waals surface area contributed by atoms with Gasteiger partial charge in [0.15, 0.2) is 0 Å². The highest BCUT2D eigenvalue weighted by Crippen LogP contribution is 2.45. The van der Waals surface area contributed by atoms with Crippen LogP contribution < -0.4 is 10.5 Å². The summed E-state index contributed by atoms with van der Waals surface area (Å²) in [5.41, 5.74) is 8.71. The summed E-state index contributed by atoms with van der Waals surface area (Å²) in [5.74, 6) is -0.740. The molecule has 0 aliphatic carbocycles. The lowest BCUT2D eigenvalue weighted by molar-refractivity contribution is 0.366. The van der Waals surface area contributed by atoms with Gasteiger partial charge in [-0.05, 0) is 35.9 Å². The summed E-state index contributed by atoms with van der Waals surface area (Å²) in [6.07, 6.45) is 0. The van der Waals surface area contributed by atoms with Gasteiger partial charge >= 0.3 is 0 Å². The molecule has 0 bridgehead atoms. The average molecular weight is 396 g/mol. The number of aryl methyl sites for hydroxylation is 1. The summed E-state index contributed by atoms with van der Waals surface area (Å²) in [4.78, 5) is 0. The zero-order valence-corrected chi connectivity index (χ0v) is 16.1. The molecule has 6 heteroatoms. The molecular formula is C24H17FN4O. The molecule has 5 nitrogen and oxygen atoms in total. The van der Waals surface area contributed by atoms with E-state index < -0.39 is 11.7 Å². The maximum atomic E-state index is 14.7. The molecule has 0 amide bonds. The van der Waals surface area contributed by atoms with E-state index in [-0.39, 0.29) is 11.5 Å². The van der Waals surface area contributed by atoms with Crippen molar-refractivity contribution in [2.24, 2.45) is 5.73 Å². The number of fused-ring (bicyclic) bond motifs is 2. The third-order valence-electron chi connectivity index (χ3n) is 5.43. The summed E-state index contributed by atoms with van der Waals surface area (Å²) in [6, 6.07) is 22.4. The summed E-state index contributed by atoms with van der Waals surface area (Å²) in [6.45, 7) is 1.82. The van der Waals surface area contributed by atoms with Gasteiger partial charge in [0.1, 0.15) is 17.5 Å². The topological polar surface area (TPSA) is 76.9 Å². The Labute approximate surface area is 172 Å². The fourth-order valence-electron chi connectivity index (χ4n) is 4.02. The van der Waals surface area contributed by atoms with Gasteiger partial charge in [0.2, 0.25) is 11.8 Å². The minimum atomic E-state index is -0.686. The Morgan fingerprint density at radius 3 is 2.57 bits per heavy atom. The molecule has 3 aromatic carbocycles. The largest absolute Gasteiger partial charge is 0.422 e. The quantitative estimate of drug-likeness (QED) is 0.533. The normalized spacial score (nSPS) is 15.6. The first-order valence-corrected chi connectivity index (χ1v) is 9.49. The Balaban J connectivity index is 1.75. The van der Waals surface area contributed by atoms with E-state index in [1.54, 1.807) is 22.9 Å². The molecule has 146 valence electrons. The summed E-state index contributed by atoms with van der Waals surface area (Å²) in [5, 5.41) is 16.5. The lowest BCUT2D eigenvalue weighted by Crippen LogP contribution is -2.22. The van der Waals surface area contributed by atoms with Crippen molar-refractivity contribution in [1.82, 2.24) is 9.78 Å². The van der Waals surface area contributed by atoms with Gasteiger partial charge in [-0.15, -0.1) is 0 Å². The number of nitriles is 1. The van der Waals surface area contributed by atoms with Crippen molar-refractivity contribution in [2.45, 2.75) is 12.8 Å². The van der Waals surface area contributed by atoms with Crippen LogP contribution in [0.2, 0.25) is 0 Å². The number of ether oxygens (including phenoxy) is 1. The first kappa shape index (κ1) is 18.0. The molecule has 1 aliphatic heterocycles. The lowest BCUT2D eigenvalue weighted by atomic mass is 9.84. The van der Waals surface area contributed by atoms with E-state index >= 15 is 0 Å². The number of aromatic nitrogens is 2. The highest BCUT2D eigenvalue weighted by molar-refractivity contribution is 5.84. The van der Waals surface area contributed by atoms with Crippen LogP contribution in [0.1, 0.15) is 22.7 Å². The van der Waals surface area contributed by atoms with Crippen LogP contribution in [0, 0.1) is 24.1 Å². The zero-order chi connectivity index (χ0) is 20.8. The highest BCUT2D eigenvalue weighted by atomic mass is 19.1. The van der Waals surface area contributed by atoms with Crippen molar-refractivity contribution in [3.05, 3.63) is 101 Å². The molecule has 0 unspecified atom stereocenters. The van der Waals surface area contributed by atoms with Gasteiger partial charge in [-0.3, -0.25) is 0 Å². The monoisotopic (exact) mass is 396 g/mol. The SMILES string of the molecule is Cc1nn(-c2ccc3ccccc3c2)c2c1[C@@H](c1ccccc1F)C(C#N)=C(N)O2. The number of halogens is 1. The number of allylic oxidation sites excluding steroid dienone is 1. The van der Waals surface area contributed by atoms with Crippen molar-refractivity contribution >= 4 is 10.8 Å². The smallest absolute Gasteiger partial charge is 0.229 e. The van der Waals surface area contributed by atoms with Crippen LogP contribution in [0.5, 0.6) is 5.88 Å². The zero-order valence-electron chi connectivity index (χ0n) is 16.1. The van der Waals surface area contributed by atoms with Crippen molar-refractivity contribution < 1.29 is 9.13 Å². The molecule has 4 aromatic rings. The van der Waals surface area contributed by atoms with Gasteiger partial charge in [0, 0.05) is 5.56 Å². The van der Waals surface area contributed by atoms with Crippen LogP contribution in [-0.4, -0.2) is 9.78 Å². The second-order valence-corrected chi connectivity index (χ2v) is 7.19. The molecule has 0 fully saturated rings. The van der Waals surface area contributed by atoms with Gasteiger partial charge in [-0.1, -0.05) is 48.5 Å². The average Bonchev–Trinajstić information content (AvgIpc) is 3.09. The molecular weight excluding hydrogens is 379 g/mol. The van der Waals surface area contributed by atoms with Gasteiger partial charge in [-0.2, -0.15) is 10.4 Å². The number of nitrogens with zero attached hydrogens (tertiary/aromatic N) is 3. The van der Waals surface area contributed by atoms with Crippen LogP contribution in [0.3, 0.4) is 0 Å². The maximum Gasteiger partial charge on any atom is 0.229 e. The first-order chi connectivity index (χ1) is 14.6. The lowest BCUT2D eigenvalue weighted by Gasteiger charge is -2.25. The molecule has 5 rings (SSSR count). The first-order valence-electron chi connectivity index (χ1n) is 9.49. The van der Waals surface area contributed by atoms with Gasteiger partial charge in [-0.25, -0.2) is 9.07 Å². The van der Waals surface area contributed by atoms with Crippen LogP contribution in [0.15, 0.2) is 78.2 Å². The molecule has 2 N–H and O–H groups in total. The molecule has 1 aliphatic rings. The molecule has 2 heterocycles. The van der Waals surface area contributed by atoms with E-state index in [1.165, 1.54) is 6.07 Å². The second-order valence-electron chi connectivity index (χ2n) is 7.19. The van der Waals surface area contributed by atoms with Crippen LogP contribution in [0.25, 0.3) is 16.5 Å². The Bertz CT molecular complexity index is 1380. The Kier molecular flexibility index (Phi) is 4.04. The Hall–Kier alpha value is -4.11. The van der Waals surface area contributed by atoms with E-state index in [9.17, 15) is 9.65 Å². The molecule has 1 aromatic heterocycles. The van der Waals surface area contributed by atoms with Crippen LogP contribution in [0.4, 0.5) is 4.39 Å². The maximum absolute atomic E-state index is 14.7. The Morgan fingerprint density at radius 2 is 1.80 bits per heavy atom. The summed E-state index contributed by atoms with van der Waals surface area (Å²) in [7, 11) is 0. The second kappa shape index (κ2) is 6.75. The molecule has 0 radical (unpaired) electrons. The van der Waals surface area contributed by atoms with Crippen LogP contribution >= 0.6 is 0 Å². The number of nitrogens with two attached hydrogens (primary N) is 1. The number of rotatable bonds is 2. The van der Waals surface area contributed by atoms with Crippen molar-refractivity contribution in [1.29, 1.82) is 5.26 Å². The third kappa shape index (κ3) is 2.64. The van der Waals surface area contributed by atoms with Gasteiger partial charge in [0.05, 0.1) is 22.9 Å². The molecule has 1 atom stereocenters. The predicted molar refractivity (Wildman–Crippen MR) is 112 cm³/mol. The summed E-state index contributed by atoms with van der Waals surface area (Å²) < 4.78 is 22.2. The number of hydrogen-bond donors (Lipinski definition) is 1. The van der Waals surface area contributed by atoms with Gasteiger partial charge in [0.25, 0.3) is 0 Å². The van der Waals surface area contributed by atoms with E-state index in [0.29, 0.717) is 22.7 Å². The molecule has 0 saturated carbocycles. The van der Waals surface area contributed by atoms with E-state index in [2.05, 4.69) is 11.2 Å². The van der Waals surface area contributed by atoms with Crippen molar-refractivity contribution in [3.8, 4) is 17.6 Å². The molecule has 30 heavy (non-hydrogen) atoms. The fraction of sp³-hybridized carbons (Fsp3) is 0.0833. The van der Waals surface area contributed by atoms with Crippen molar-refractivity contribution in [3.63, 3.8) is 0 Å². The van der Waals surface area contributed by atoms with E-state index in [4.69, 9.17) is 10.5 Å². The number of hydrogen-bond acceptors (Lipinski definition) is 4. The third-order valence-corrected chi connectivity index (χ3v) is 5.43. The minimum Gasteiger partial charge on any atom is -0.422 e. The predicted octanol–water partition coefficient (Wildman–Crippen LogP) is 4.69. The van der Waals surface area contributed by atoms with E-state index in [0.717, 1.165) is 16.5 Å². The standard InChI is InChI=1S/C24H17FN4O/c1-14-21-22(18-8-4-5-9-20(18)25)19(13-26)23(27)30-24(21)29(28-14)17-11-10-15-6-2-3-7-16(15)12-17/h2-12,22H,27H2,1H3/t22-/m0/s1. The molecule has 0 spiro atoms. The molecule has 0 saturated heterocycles. The number of benzene rings is 3. The van der Waals surface area contributed by atoms with Crippen LogP contribution in [-0.2, 0) is 0 Å². The highest BCUT2D eigenvalue weighted by Gasteiger charge is 2.37.